The summed E-state index contributed by atoms with van der Waals surface area (Å²) >= 11 is 7.35. The molecule has 0 aliphatic carbocycles. The molecule has 1 N–H and O–H groups in total. The van der Waals surface area contributed by atoms with Gasteiger partial charge in [0, 0.05) is 48.8 Å². The summed E-state index contributed by atoms with van der Waals surface area (Å²) in [5.74, 6) is 1.32. The Kier molecular flexibility index (Phi) is 6.53. The van der Waals surface area contributed by atoms with Crippen LogP contribution in [-0.4, -0.2) is 41.6 Å². The number of ether oxygens (including phenoxy) is 2. The minimum Gasteiger partial charge on any atom is -0.495 e. The van der Waals surface area contributed by atoms with Crippen molar-refractivity contribution in [2.24, 2.45) is 0 Å². The van der Waals surface area contributed by atoms with Crippen LogP contribution in [0.5, 0.6) is 11.6 Å². The highest BCUT2D eigenvalue weighted by atomic mass is 79.9. The Hall–Kier alpha value is -2.62. The molecule has 6 nitrogen and oxygen atoms in total. The lowest BCUT2D eigenvalue weighted by Gasteiger charge is -2.38. The number of aromatic nitrogens is 4. The molecule has 5 rings (SSSR count). The predicted molar refractivity (Wildman–Crippen MR) is 161 cm³/mol. The second-order valence-electron chi connectivity index (χ2n) is 10.7. The first-order valence-corrected chi connectivity index (χ1v) is 16.6. The van der Waals surface area contributed by atoms with E-state index in [0.717, 1.165) is 53.3 Å². The fourth-order valence-electron chi connectivity index (χ4n) is 4.59. The Morgan fingerprint density at radius 1 is 1.00 bits per heavy atom. The van der Waals surface area contributed by atoms with Gasteiger partial charge in [-0.05, 0) is 29.3 Å². The SMILES string of the molecule is COc1nc(-c2cn([Si](C)(C)C(C)(C)C)c3c(OC)ccc(Br)c23)cnc1-c1c[nH]c2cc(Br)ccc12. The Morgan fingerprint density at radius 3 is 2.43 bits per heavy atom. The topological polar surface area (TPSA) is 65.0 Å². The number of benzene rings is 2. The molecule has 0 saturated carbocycles. The number of fused-ring (bicyclic) bond motifs is 2. The number of nitrogens with one attached hydrogen (secondary N) is 1. The van der Waals surface area contributed by atoms with Crippen molar-refractivity contribution in [3.8, 4) is 34.1 Å². The lowest BCUT2D eigenvalue weighted by Crippen LogP contribution is -2.45. The minimum atomic E-state index is -2.01. The van der Waals surface area contributed by atoms with E-state index in [0.29, 0.717) is 11.6 Å². The van der Waals surface area contributed by atoms with Crippen LogP contribution in [0.3, 0.4) is 0 Å². The third-order valence-electron chi connectivity index (χ3n) is 7.62. The van der Waals surface area contributed by atoms with Crippen molar-refractivity contribution >= 4 is 61.9 Å². The quantitative estimate of drug-likeness (QED) is 0.195. The van der Waals surface area contributed by atoms with E-state index < -0.39 is 8.24 Å². The lowest BCUT2D eigenvalue weighted by molar-refractivity contribution is 0.398. The lowest BCUT2D eigenvalue weighted by atomic mass is 10.1. The standard InChI is InChI=1S/C28H30Br2N4O2Si/c1-28(2,3)37(6,7)34-15-19(24-20(30)10-11-23(35-4)26(24)34)22-14-32-25(27(33-22)36-5)18-13-31-21-12-16(29)8-9-17(18)21/h8-15,31H,1-7H3. The number of halogens is 2. The smallest absolute Gasteiger partial charge is 0.241 e. The summed E-state index contributed by atoms with van der Waals surface area (Å²) < 4.78 is 16.1. The molecule has 0 fully saturated rings. The number of aromatic amines is 1. The molecule has 192 valence electrons. The highest BCUT2D eigenvalue weighted by molar-refractivity contribution is 9.11. The molecule has 0 amide bonds. The normalized spacial score (nSPS) is 12.5. The second-order valence-corrected chi connectivity index (χ2v) is 17.6. The van der Waals surface area contributed by atoms with Gasteiger partial charge in [-0.2, -0.15) is 0 Å². The zero-order valence-corrected chi connectivity index (χ0v) is 26.2. The van der Waals surface area contributed by atoms with Gasteiger partial charge in [-0.15, -0.1) is 0 Å². The van der Waals surface area contributed by atoms with Gasteiger partial charge in [0.25, 0.3) is 0 Å². The molecule has 5 aromatic rings. The molecule has 9 heteroatoms. The van der Waals surface area contributed by atoms with Crippen LogP contribution in [0.25, 0.3) is 44.3 Å². The van der Waals surface area contributed by atoms with Crippen molar-refractivity contribution in [3.05, 3.63) is 57.9 Å². The zero-order chi connectivity index (χ0) is 26.7. The molecular weight excluding hydrogens is 612 g/mol. The van der Waals surface area contributed by atoms with Gasteiger partial charge in [-0.1, -0.05) is 71.8 Å². The van der Waals surface area contributed by atoms with Gasteiger partial charge in [-0.3, -0.25) is 0 Å². The first-order chi connectivity index (χ1) is 17.5. The van der Waals surface area contributed by atoms with Gasteiger partial charge in [-0.25, -0.2) is 9.97 Å². The fraction of sp³-hybridized carbons (Fsp3) is 0.286. The van der Waals surface area contributed by atoms with E-state index in [2.05, 4.69) is 87.2 Å². The van der Waals surface area contributed by atoms with Crippen LogP contribution in [0.15, 0.2) is 57.9 Å². The van der Waals surface area contributed by atoms with E-state index in [9.17, 15) is 0 Å². The van der Waals surface area contributed by atoms with Crippen LogP contribution in [0.2, 0.25) is 18.1 Å². The van der Waals surface area contributed by atoms with E-state index >= 15 is 0 Å². The Bertz CT molecular complexity index is 1650. The van der Waals surface area contributed by atoms with Crippen LogP contribution in [-0.2, 0) is 0 Å². The van der Waals surface area contributed by atoms with Crippen molar-refractivity contribution in [1.82, 2.24) is 19.2 Å². The third-order valence-corrected chi connectivity index (χ3v) is 14.0. The van der Waals surface area contributed by atoms with Gasteiger partial charge in [0.2, 0.25) is 5.88 Å². The summed E-state index contributed by atoms with van der Waals surface area (Å²) in [7, 11) is 1.35. The minimum absolute atomic E-state index is 0.112. The second kappa shape index (κ2) is 9.29. The Balaban J connectivity index is 1.75. The first kappa shape index (κ1) is 26.0. The maximum absolute atomic E-state index is 5.86. The van der Waals surface area contributed by atoms with Gasteiger partial charge in [0.15, 0.2) is 8.24 Å². The van der Waals surface area contributed by atoms with E-state index in [1.807, 2.05) is 36.7 Å². The molecule has 0 atom stereocenters. The van der Waals surface area contributed by atoms with Crippen molar-refractivity contribution in [2.75, 3.05) is 14.2 Å². The van der Waals surface area contributed by atoms with E-state index in [4.69, 9.17) is 19.4 Å². The van der Waals surface area contributed by atoms with Gasteiger partial charge >= 0.3 is 0 Å². The molecule has 2 aromatic carbocycles. The van der Waals surface area contributed by atoms with Gasteiger partial charge < -0.3 is 18.7 Å². The van der Waals surface area contributed by atoms with E-state index in [-0.39, 0.29) is 5.04 Å². The number of methoxy groups -OCH3 is 2. The maximum atomic E-state index is 5.86. The van der Waals surface area contributed by atoms with E-state index in [1.165, 1.54) is 0 Å². The van der Waals surface area contributed by atoms with Crippen LogP contribution in [0, 0.1) is 0 Å². The van der Waals surface area contributed by atoms with Crippen LogP contribution in [0.4, 0.5) is 0 Å². The van der Waals surface area contributed by atoms with Gasteiger partial charge in [0.1, 0.15) is 11.4 Å². The van der Waals surface area contributed by atoms with Crippen molar-refractivity contribution in [1.29, 1.82) is 0 Å². The molecular formula is C28H30Br2N4O2Si. The predicted octanol–water partition coefficient (Wildman–Crippen LogP) is 8.64. The molecule has 0 saturated heterocycles. The molecule has 0 aliphatic heterocycles. The van der Waals surface area contributed by atoms with Crippen LogP contribution >= 0.6 is 31.9 Å². The first-order valence-electron chi connectivity index (χ1n) is 12.0. The number of nitrogens with zero attached hydrogens (tertiary/aromatic N) is 3. The summed E-state index contributed by atoms with van der Waals surface area (Å²) in [6.45, 7) is 11.7. The average Bonchev–Trinajstić information content (AvgIpc) is 3.46. The summed E-state index contributed by atoms with van der Waals surface area (Å²) in [4.78, 5) is 13.2. The van der Waals surface area contributed by atoms with Gasteiger partial charge in [0.05, 0.1) is 31.6 Å². The highest BCUT2D eigenvalue weighted by Crippen LogP contribution is 2.46. The molecule has 0 unspecified atom stereocenters. The van der Waals surface area contributed by atoms with Crippen molar-refractivity contribution in [2.45, 2.75) is 38.9 Å². The molecule has 37 heavy (non-hydrogen) atoms. The number of H-pyrrole nitrogens is 1. The van der Waals surface area contributed by atoms with Crippen molar-refractivity contribution < 1.29 is 9.47 Å². The monoisotopic (exact) mass is 640 g/mol. The van der Waals surface area contributed by atoms with Crippen LogP contribution < -0.4 is 9.47 Å². The highest BCUT2D eigenvalue weighted by Gasteiger charge is 2.39. The molecule has 0 aliphatic rings. The molecule has 0 radical (unpaired) electrons. The summed E-state index contributed by atoms with van der Waals surface area (Å²) in [5.41, 5.74) is 5.48. The number of hydrogen-bond acceptors (Lipinski definition) is 4. The molecule has 3 aromatic heterocycles. The molecule has 0 bridgehead atoms. The van der Waals surface area contributed by atoms with Crippen LogP contribution in [0.1, 0.15) is 20.8 Å². The summed E-state index contributed by atoms with van der Waals surface area (Å²) in [6, 6.07) is 10.2. The Labute approximate surface area is 234 Å². The zero-order valence-electron chi connectivity index (χ0n) is 22.0. The summed E-state index contributed by atoms with van der Waals surface area (Å²) in [5, 5.41) is 2.23. The van der Waals surface area contributed by atoms with Crippen molar-refractivity contribution in [3.63, 3.8) is 0 Å². The third kappa shape index (κ3) is 4.21. The fourth-order valence-corrected chi connectivity index (χ4v) is 7.44. The Morgan fingerprint density at radius 2 is 1.76 bits per heavy atom. The number of hydrogen-bond donors (Lipinski definition) is 1. The average molecular weight is 642 g/mol. The number of rotatable bonds is 5. The molecule has 3 heterocycles. The maximum Gasteiger partial charge on any atom is 0.241 e. The largest absolute Gasteiger partial charge is 0.495 e. The summed E-state index contributed by atoms with van der Waals surface area (Å²) in [6.07, 6.45) is 6.02. The molecule has 0 spiro atoms. The van der Waals surface area contributed by atoms with E-state index in [1.54, 1.807) is 14.2 Å².